The van der Waals surface area contributed by atoms with E-state index in [1.54, 1.807) is 43.6 Å². The van der Waals surface area contributed by atoms with Gasteiger partial charge in [-0.25, -0.2) is 9.97 Å². The zero-order valence-electron chi connectivity index (χ0n) is 14.7. The third-order valence-electron chi connectivity index (χ3n) is 3.85. The van der Waals surface area contributed by atoms with E-state index in [-0.39, 0.29) is 5.91 Å². The van der Waals surface area contributed by atoms with Crippen molar-refractivity contribution in [2.45, 2.75) is 6.92 Å². The molecule has 0 saturated heterocycles. The molecule has 1 N–H and O–H groups in total. The molecule has 0 bridgehead atoms. The number of rotatable bonds is 6. The van der Waals surface area contributed by atoms with Crippen LogP contribution in [0.25, 0.3) is 0 Å². The van der Waals surface area contributed by atoms with Gasteiger partial charge in [-0.05, 0) is 49.4 Å². The Kier molecular flexibility index (Phi) is 5.43. The SMILES string of the molecule is CCN(c1ccccc1)c1nccc(C(=O)Nc2ccc(OC)cc2)n1. The third kappa shape index (κ3) is 3.97. The number of amides is 1. The molecule has 0 radical (unpaired) electrons. The second-order valence-electron chi connectivity index (χ2n) is 5.50. The van der Waals surface area contributed by atoms with Crippen LogP contribution in [0, 0.1) is 0 Å². The average Bonchev–Trinajstić information content (AvgIpc) is 2.70. The van der Waals surface area contributed by atoms with Gasteiger partial charge in [0, 0.05) is 24.1 Å². The highest BCUT2D eigenvalue weighted by Gasteiger charge is 2.14. The van der Waals surface area contributed by atoms with E-state index in [1.165, 1.54) is 0 Å². The second kappa shape index (κ2) is 8.11. The molecule has 132 valence electrons. The molecule has 0 saturated carbocycles. The van der Waals surface area contributed by atoms with E-state index in [2.05, 4.69) is 15.3 Å². The van der Waals surface area contributed by atoms with Crippen molar-refractivity contribution in [2.75, 3.05) is 23.9 Å². The number of carbonyl (C=O) groups excluding carboxylic acids is 1. The van der Waals surface area contributed by atoms with Gasteiger partial charge in [0.1, 0.15) is 11.4 Å². The predicted molar refractivity (Wildman–Crippen MR) is 102 cm³/mol. The standard InChI is InChI=1S/C20H20N4O2/c1-3-24(16-7-5-4-6-8-16)20-21-14-13-18(23-20)19(25)22-15-9-11-17(26-2)12-10-15/h4-14H,3H2,1-2H3,(H,22,25). The lowest BCUT2D eigenvalue weighted by Gasteiger charge is -2.21. The molecule has 0 fully saturated rings. The van der Waals surface area contributed by atoms with Crippen molar-refractivity contribution in [1.82, 2.24) is 9.97 Å². The predicted octanol–water partition coefficient (Wildman–Crippen LogP) is 3.90. The summed E-state index contributed by atoms with van der Waals surface area (Å²) in [6.45, 7) is 2.70. The van der Waals surface area contributed by atoms with Crippen LogP contribution >= 0.6 is 0 Å². The van der Waals surface area contributed by atoms with Crippen LogP contribution in [0.2, 0.25) is 0 Å². The molecule has 6 heteroatoms. The number of aromatic nitrogens is 2. The number of para-hydroxylation sites is 1. The molecule has 1 amide bonds. The van der Waals surface area contributed by atoms with Gasteiger partial charge >= 0.3 is 0 Å². The highest BCUT2D eigenvalue weighted by Crippen LogP contribution is 2.21. The summed E-state index contributed by atoms with van der Waals surface area (Å²) in [5.74, 6) is 0.929. The summed E-state index contributed by atoms with van der Waals surface area (Å²) in [5, 5.41) is 2.83. The highest BCUT2D eigenvalue weighted by atomic mass is 16.5. The van der Waals surface area contributed by atoms with Crippen LogP contribution < -0.4 is 15.0 Å². The Morgan fingerprint density at radius 3 is 2.46 bits per heavy atom. The van der Waals surface area contributed by atoms with Crippen LogP contribution in [0.1, 0.15) is 17.4 Å². The number of methoxy groups -OCH3 is 1. The first kappa shape index (κ1) is 17.4. The number of nitrogens with one attached hydrogen (secondary N) is 1. The number of ether oxygens (including phenoxy) is 1. The average molecular weight is 348 g/mol. The molecule has 26 heavy (non-hydrogen) atoms. The van der Waals surface area contributed by atoms with Crippen molar-refractivity contribution < 1.29 is 9.53 Å². The normalized spacial score (nSPS) is 10.2. The molecular weight excluding hydrogens is 328 g/mol. The van der Waals surface area contributed by atoms with Crippen LogP contribution in [0.3, 0.4) is 0 Å². The summed E-state index contributed by atoms with van der Waals surface area (Å²) in [6.07, 6.45) is 1.59. The molecule has 0 spiro atoms. The monoisotopic (exact) mass is 348 g/mol. The zero-order valence-corrected chi connectivity index (χ0v) is 14.7. The van der Waals surface area contributed by atoms with Crippen LogP contribution in [0.15, 0.2) is 66.9 Å². The molecule has 3 rings (SSSR count). The first-order chi connectivity index (χ1) is 12.7. The Labute approximate surface area is 152 Å². The number of anilines is 3. The van der Waals surface area contributed by atoms with Crippen molar-refractivity contribution >= 4 is 23.2 Å². The lowest BCUT2D eigenvalue weighted by atomic mass is 10.3. The minimum absolute atomic E-state index is 0.289. The van der Waals surface area contributed by atoms with Crippen molar-refractivity contribution in [1.29, 1.82) is 0 Å². The maximum atomic E-state index is 12.5. The summed E-state index contributed by atoms with van der Waals surface area (Å²) in [7, 11) is 1.60. The molecule has 6 nitrogen and oxygen atoms in total. The maximum Gasteiger partial charge on any atom is 0.274 e. The Morgan fingerprint density at radius 2 is 1.81 bits per heavy atom. The largest absolute Gasteiger partial charge is 0.497 e. The highest BCUT2D eigenvalue weighted by molar-refractivity contribution is 6.03. The smallest absolute Gasteiger partial charge is 0.274 e. The first-order valence-electron chi connectivity index (χ1n) is 8.32. The van der Waals surface area contributed by atoms with Gasteiger partial charge in [0.2, 0.25) is 5.95 Å². The molecule has 0 aliphatic heterocycles. The lowest BCUT2D eigenvalue weighted by molar-refractivity contribution is 0.102. The van der Waals surface area contributed by atoms with E-state index < -0.39 is 0 Å². The quantitative estimate of drug-likeness (QED) is 0.732. The minimum atomic E-state index is -0.289. The van der Waals surface area contributed by atoms with E-state index in [4.69, 9.17) is 4.74 Å². The van der Waals surface area contributed by atoms with Crippen LogP contribution in [-0.4, -0.2) is 29.5 Å². The van der Waals surface area contributed by atoms with Gasteiger partial charge in [0.05, 0.1) is 7.11 Å². The zero-order chi connectivity index (χ0) is 18.4. The molecule has 0 unspecified atom stereocenters. The Morgan fingerprint density at radius 1 is 1.08 bits per heavy atom. The third-order valence-corrected chi connectivity index (χ3v) is 3.85. The van der Waals surface area contributed by atoms with E-state index in [0.29, 0.717) is 23.9 Å². The second-order valence-corrected chi connectivity index (χ2v) is 5.50. The first-order valence-corrected chi connectivity index (χ1v) is 8.32. The summed E-state index contributed by atoms with van der Waals surface area (Å²) < 4.78 is 5.12. The van der Waals surface area contributed by atoms with Crippen LogP contribution in [-0.2, 0) is 0 Å². The fraction of sp³-hybridized carbons (Fsp3) is 0.150. The van der Waals surface area contributed by atoms with Gasteiger partial charge < -0.3 is 15.0 Å². The Balaban J connectivity index is 1.80. The summed E-state index contributed by atoms with van der Waals surface area (Å²) in [6, 6.07) is 18.6. The van der Waals surface area contributed by atoms with E-state index in [9.17, 15) is 4.79 Å². The molecule has 0 atom stereocenters. The maximum absolute atomic E-state index is 12.5. The van der Waals surface area contributed by atoms with Crippen molar-refractivity contribution in [2.24, 2.45) is 0 Å². The van der Waals surface area contributed by atoms with Gasteiger partial charge in [0.25, 0.3) is 5.91 Å². The van der Waals surface area contributed by atoms with Gasteiger partial charge in [-0.1, -0.05) is 18.2 Å². The van der Waals surface area contributed by atoms with Gasteiger partial charge in [-0.15, -0.1) is 0 Å². The van der Waals surface area contributed by atoms with Gasteiger partial charge in [-0.2, -0.15) is 0 Å². The number of nitrogens with zero attached hydrogens (tertiary/aromatic N) is 3. The Hall–Kier alpha value is -3.41. The molecule has 0 aliphatic rings. The van der Waals surface area contributed by atoms with Crippen LogP contribution in [0.5, 0.6) is 5.75 Å². The van der Waals surface area contributed by atoms with Crippen LogP contribution in [0.4, 0.5) is 17.3 Å². The van der Waals surface area contributed by atoms with Crippen molar-refractivity contribution in [3.8, 4) is 5.75 Å². The lowest BCUT2D eigenvalue weighted by Crippen LogP contribution is -2.21. The number of hydrogen-bond donors (Lipinski definition) is 1. The minimum Gasteiger partial charge on any atom is -0.497 e. The van der Waals surface area contributed by atoms with Gasteiger partial charge in [0.15, 0.2) is 0 Å². The summed E-state index contributed by atoms with van der Waals surface area (Å²) >= 11 is 0. The van der Waals surface area contributed by atoms with Gasteiger partial charge in [-0.3, -0.25) is 4.79 Å². The molecule has 1 aromatic heterocycles. The number of carbonyl (C=O) groups is 1. The van der Waals surface area contributed by atoms with Crippen molar-refractivity contribution in [3.05, 3.63) is 72.6 Å². The summed E-state index contributed by atoms with van der Waals surface area (Å²) in [5.41, 5.74) is 1.95. The fourth-order valence-corrected chi connectivity index (χ4v) is 2.52. The van der Waals surface area contributed by atoms with Crippen molar-refractivity contribution in [3.63, 3.8) is 0 Å². The molecule has 1 heterocycles. The fourth-order valence-electron chi connectivity index (χ4n) is 2.52. The number of hydrogen-bond acceptors (Lipinski definition) is 5. The Bertz CT molecular complexity index is 866. The molecule has 3 aromatic rings. The van der Waals surface area contributed by atoms with E-state index in [0.717, 1.165) is 11.4 Å². The topological polar surface area (TPSA) is 67.4 Å². The summed E-state index contributed by atoms with van der Waals surface area (Å²) in [4.78, 5) is 23.2. The van der Waals surface area contributed by atoms with E-state index in [1.807, 2.05) is 42.2 Å². The molecule has 0 aliphatic carbocycles. The van der Waals surface area contributed by atoms with E-state index >= 15 is 0 Å². The molecule has 2 aromatic carbocycles. The number of benzene rings is 2. The molecular formula is C20H20N4O2.